The Morgan fingerprint density at radius 1 is 1.36 bits per heavy atom. The molecular formula is C16H24N2O3S. The maximum absolute atomic E-state index is 12.1. The fraction of sp³-hybridized carbons (Fsp3) is 0.562. The van der Waals surface area contributed by atoms with Gasteiger partial charge in [0, 0.05) is 24.7 Å². The molecule has 0 aromatic heterocycles. The lowest BCUT2D eigenvalue weighted by Gasteiger charge is -2.22. The minimum atomic E-state index is -2.88. The van der Waals surface area contributed by atoms with E-state index in [9.17, 15) is 13.2 Å². The van der Waals surface area contributed by atoms with Gasteiger partial charge >= 0.3 is 0 Å². The number of aryl methyl sites for hydroxylation is 1. The molecule has 0 saturated carbocycles. The number of amides is 1. The van der Waals surface area contributed by atoms with Crippen LogP contribution in [0.2, 0.25) is 0 Å². The first kappa shape index (κ1) is 17.0. The van der Waals surface area contributed by atoms with Crippen molar-refractivity contribution in [1.82, 2.24) is 4.90 Å². The molecule has 5 nitrogen and oxygen atoms in total. The molecule has 1 heterocycles. The van der Waals surface area contributed by atoms with Crippen LogP contribution in [0.15, 0.2) is 24.3 Å². The summed E-state index contributed by atoms with van der Waals surface area (Å²) in [7, 11) is -0.991. The number of rotatable bonds is 6. The lowest BCUT2D eigenvalue weighted by molar-refractivity contribution is -0.116. The monoisotopic (exact) mass is 324 g/mol. The molecule has 0 spiro atoms. The number of carbonyl (C=O) groups is 1. The molecule has 1 aliphatic heterocycles. The molecule has 0 radical (unpaired) electrons. The normalized spacial score (nSPS) is 20.2. The smallest absolute Gasteiger partial charge is 0.225 e. The van der Waals surface area contributed by atoms with E-state index in [2.05, 4.69) is 12.2 Å². The van der Waals surface area contributed by atoms with E-state index in [0.717, 1.165) is 17.7 Å². The Balaban J connectivity index is 1.83. The number of carbonyl (C=O) groups excluding carboxylic acids is 1. The Hall–Kier alpha value is -1.40. The van der Waals surface area contributed by atoms with Gasteiger partial charge in [0.15, 0.2) is 9.84 Å². The number of anilines is 1. The number of para-hydroxylation sites is 1. The third kappa shape index (κ3) is 4.55. The van der Waals surface area contributed by atoms with Crippen LogP contribution >= 0.6 is 0 Å². The van der Waals surface area contributed by atoms with Gasteiger partial charge < -0.3 is 10.2 Å². The van der Waals surface area contributed by atoms with Crippen LogP contribution in [0.4, 0.5) is 5.69 Å². The number of nitrogens with zero attached hydrogens (tertiary/aromatic N) is 1. The molecule has 2 rings (SSSR count). The average molecular weight is 324 g/mol. The quantitative estimate of drug-likeness (QED) is 0.865. The van der Waals surface area contributed by atoms with E-state index in [1.807, 2.05) is 36.2 Å². The Bertz CT molecular complexity index is 628. The third-order valence-corrected chi connectivity index (χ3v) is 5.95. The van der Waals surface area contributed by atoms with Crippen molar-refractivity contribution < 1.29 is 13.2 Å². The van der Waals surface area contributed by atoms with Crippen LogP contribution in [0.25, 0.3) is 0 Å². The Morgan fingerprint density at radius 3 is 2.73 bits per heavy atom. The molecule has 1 fully saturated rings. The predicted molar refractivity (Wildman–Crippen MR) is 88.8 cm³/mol. The molecule has 122 valence electrons. The van der Waals surface area contributed by atoms with Crippen LogP contribution in [0.3, 0.4) is 0 Å². The second kappa shape index (κ2) is 7.24. The van der Waals surface area contributed by atoms with Crippen molar-refractivity contribution in [2.75, 3.05) is 30.4 Å². The molecule has 0 aliphatic carbocycles. The highest BCUT2D eigenvalue weighted by atomic mass is 32.2. The van der Waals surface area contributed by atoms with Crippen LogP contribution in [0.5, 0.6) is 0 Å². The predicted octanol–water partition coefficient (Wildman–Crippen LogP) is 1.70. The van der Waals surface area contributed by atoms with Crippen molar-refractivity contribution >= 4 is 21.4 Å². The summed E-state index contributed by atoms with van der Waals surface area (Å²) < 4.78 is 23.0. The molecule has 1 aliphatic rings. The largest absolute Gasteiger partial charge is 0.326 e. The lowest BCUT2D eigenvalue weighted by Crippen LogP contribution is -2.35. The van der Waals surface area contributed by atoms with E-state index in [1.54, 1.807) is 0 Å². The summed E-state index contributed by atoms with van der Waals surface area (Å²) in [6, 6.07) is 7.82. The van der Waals surface area contributed by atoms with E-state index in [4.69, 9.17) is 0 Å². The van der Waals surface area contributed by atoms with Crippen molar-refractivity contribution in [3.8, 4) is 0 Å². The van der Waals surface area contributed by atoms with Gasteiger partial charge in [0.2, 0.25) is 5.91 Å². The molecule has 0 bridgehead atoms. The second-order valence-corrected chi connectivity index (χ2v) is 8.08. The van der Waals surface area contributed by atoms with Gasteiger partial charge in [-0.15, -0.1) is 0 Å². The summed E-state index contributed by atoms with van der Waals surface area (Å²) in [5.74, 6) is 0.440. The van der Waals surface area contributed by atoms with Crippen molar-refractivity contribution in [1.29, 1.82) is 0 Å². The molecule has 1 unspecified atom stereocenters. The average Bonchev–Trinajstić information content (AvgIpc) is 2.85. The Morgan fingerprint density at radius 2 is 2.09 bits per heavy atom. The van der Waals surface area contributed by atoms with Crippen LogP contribution < -0.4 is 5.32 Å². The van der Waals surface area contributed by atoms with E-state index in [-0.39, 0.29) is 23.5 Å². The first-order valence-corrected chi connectivity index (χ1v) is 9.52. The molecule has 1 amide bonds. The van der Waals surface area contributed by atoms with E-state index in [0.29, 0.717) is 19.4 Å². The molecule has 1 atom stereocenters. The van der Waals surface area contributed by atoms with Gasteiger partial charge in [-0.3, -0.25) is 4.79 Å². The van der Waals surface area contributed by atoms with Crippen LogP contribution in [0, 0.1) is 0 Å². The minimum absolute atomic E-state index is 0.0337. The molecule has 1 saturated heterocycles. The number of sulfone groups is 1. The van der Waals surface area contributed by atoms with Gasteiger partial charge in [0.05, 0.1) is 11.5 Å². The molecule has 1 N–H and O–H groups in total. The first-order chi connectivity index (χ1) is 10.4. The fourth-order valence-corrected chi connectivity index (χ4v) is 4.55. The van der Waals surface area contributed by atoms with Gasteiger partial charge in [0.25, 0.3) is 0 Å². The maximum atomic E-state index is 12.1. The molecule has 22 heavy (non-hydrogen) atoms. The van der Waals surface area contributed by atoms with E-state index >= 15 is 0 Å². The summed E-state index contributed by atoms with van der Waals surface area (Å²) in [6.45, 7) is 2.62. The topological polar surface area (TPSA) is 66.5 Å². The van der Waals surface area contributed by atoms with Gasteiger partial charge in [-0.05, 0) is 31.5 Å². The highest BCUT2D eigenvalue weighted by Crippen LogP contribution is 2.18. The number of hydrogen-bond acceptors (Lipinski definition) is 4. The van der Waals surface area contributed by atoms with Crippen molar-refractivity contribution in [3.63, 3.8) is 0 Å². The zero-order chi connectivity index (χ0) is 16.2. The number of nitrogens with one attached hydrogen (secondary N) is 1. The molecule has 1 aromatic rings. The minimum Gasteiger partial charge on any atom is -0.326 e. The number of benzene rings is 1. The molecule has 6 heteroatoms. The van der Waals surface area contributed by atoms with Crippen molar-refractivity contribution in [2.24, 2.45) is 0 Å². The third-order valence-electron chi connectivity index (χ3n) is 4.20. The van der Waals surface area contributed by atoms with Gasteiger partial charge in [-0.2, -0.15) is 0 Å². The van der Waals surface area contributed by atoms with Gasteiger partial charge in [-0.1, -0.05) is 25.1 Å². The fourth-order valence-electron chi connectivity index (χ4n) is 2.75. The maximum Gasteiger partial charge on any atom is 0.225 e. The number of hydrogen-bond donors (Lipinski definition) is 1. The standard InChI is InChI=1S/C16H24N2O3S/c1-3-13-6-4-5-7-15(13)17-16(19)8-10-18(2)14-9-11-22(20,21)12-14/h4-7,14H,3,8-12H2,1-2H3,(H,17,19). The lowest BCUT2D eigenvalue weighted by atomic mass is 10.1. The summed E-state index contributed by atoms with van der Waals surface area (Å²) in [5.41, 5.74) is 1.98. The van der Waals surface area contributed by atoms with Gasteiger partial charge in [0.1, 0.15) is 0 Å². The van der Waals surface area contributed by atoms with Crippen molar-refractivity contribution in [3.05, 3.63) is 29.8 Å². The summed E-state index contributed by atoms with van der Waals surface area (Å²) in [4.78, 5) is 14.1. The van der Waals surface area contributed by atoms with E-state index < -0.39 is 9.84 Å². The highest BCUT2D eigenvalue weighted by molar-refractivity contribution is 7.91. The summed E-state index contributed by atoms with van der Waals surface area (Å²) in [6.07, 6.45) is 1.90. The van der Waals surface area contributed by atoms with Crippen LogP contribution in [-0.2, 0) is 21.1 Å². The van der Waals surface area contributed by atoms with Crippen LogP contribution in [0.1, 0.15) is 25.3 Å². The van der Waals surface area contributed by atoms with Crippen molar-refractivity contribution in [2.45, 2.75) is 32.2 Å². The zero-order valence-electron chi connectivity index (χ0n) is 13.2. The summed E-state index contributed by atoms with van der Waals surface area (Å²) in [5, 5.41) is 2.94. The van der Waals surface area contributed by atoms with Gasteiger partial charge in [-0.25, -0.2) is 8.42 Å². The molecule has 1 aromatic carbocycles. The Labute approximate surface area is 132 Å². The molecular weight excluding hydrogens is 300 g/mol. The second-order valence-electron chi connectivity index (χ2n) is 5.85. The first-order valence-electron chi connectivity index (χ1n) is 7.69. The van der Waals surface area contributed by atoms with Crippen LogP contribution in [-0.4, -0.2) is 50.4 Å². The highest BCUT2D eigenvalue weighted by Gasteiger charge is 2.30. The summed E-state index contributed by atoms with van der Waals surface area (Å²) >= 11 is 0. The SMILES string of the molecule is CCc1ccccc1NC(=O)CCN(C)C1CCS(=O)(=O)C1. The zero-order valence-corrected chi connectivity index (χ0v) is 14.0. The Kier molecular flexibility index (Phi) is 5.58. The van der Waals surface area contributed by atoms with E-state index in [1.165, 1.54) is 0 Å².